The van der Waals surface area contributed by atoms with Gasteiger partial charge in [-0.25, -0.2) is 9.59 Å². The molecule has 2 amide bonds. The van der Waals surface area contributed by atoms with Crippen LogP contribution in [-0.2, 0) is 22.7 Å². The third-order valence-corrected chi connectivity index (χ3v) is 4.90. The average Bonchev–Trinajstić information content (AvgIpc) is 3.31. The van der Waals surface area contributed by atoms with Crippen molar-refractivity contribution >= 4 is 12.0 Å². The molecule has 0 aliphatic carbocycles. The van der Waals surface area contributed by atoms with Crippen LogP contribution in [0.5, 0.6) is 0 Å². The van der Waals surface area contributed by atoms with Crippen LogP contribution in [0.15, 0.2) is 34.7 Å². The Morgan fingerprint density at radius 2 is 1.94 bits per heavy atom. The number of nitrogens with two attached hydrogens (primary N) is 1. The Morgan fingerprint density at radius 3 is 2.56 bits per heavy atom. The molecule has 0 saturated carbocycles. The van der Waals surface area contributed by atoms with Crippen molar-refractivity contribution in [2.75, 3.05) is 13.1 Å². The molecule has 2 atom stereocenters. The number of fused-ring (bicyclic) bond motifs is 2. The van der Waals surface area contributed by atoms with Gasteiger partial charge in [-0.1, -0.05) is 30.3 Å². The summed E-state index contributed by atoms with van der Waals surface area (Å²) in [5, 5.41) is 16.7. The number of aromatic nitrogens is 2. The Labute approximate surface area is 180 Å². The van der Waals surface area contributed by atoms with Crippen LogP contribution in [0.2, 0.25) is 0 Å². The topological polar surface area (TPSA) is 135 Å². The molecule has 2 fully saturated rings. The van der Waals surface area contributed by atoms with Crippen molar-refractivity contribution in [1.29, 1.82) is 0 Å². The van der Waals surface area contributed by atoms with Crippen LogP contribution >= 0.6 is 0 Å². The Hall–Kier alpha value is -3.19. The zero-order valence-electron chi connectivity index (χ0n) is 16.9. The van der Waals surface area contributed by atoms with Gasteiger partial charge in [0.1, 0.15) is 12.6 Å². The van der Waals surface area contributed by atoms with Gasteiger partial charge in [0.05, 0.1) is 6.04 Å². The molecule has 3 N–H and O–H groups in total. The number of carboxylic acid groups (broad SMARTS) is 1. The standard InChI is InChI=1S/C17H21N5O3.C2HF3O2/c18-9-8-15-19-20-16(25-15)14-7-6-13-10-21(14)17(23)22(13)24-11-12-4-2-1-3-5-12;3-2(4,5)1(6)7/h1-5,13-14H,6-11,18H2;(H,6,7)/t13-,14+;/m1./s1. The molecule has 2 bridgehead atoms. The number of hydrogen-bond acceptors (Lipinski definition) is 7. The molecule has 0 spiro atoms. The fraction of sp³-hybridized carbons (Fsp3) is 0.474. The van der Waals surface area contributed by atoms with E-state index in [1.807, 2.05) is 30.3 Å². The fourth-order valence-electron chi connectivity index (χ4n) is 3.40. The molecule has 2 aliphatic rings. The summed E-state index contributed by atoms with van der Waals surface area (Å²) in [4.78, 5) is 29.2. The molecule has 0 radical (unpaired) electrons. The monoisotopic (exact) mass is 457 g/mol. The molecule has 2 aromatic rings. The summed E-state index contributed by atoms with van der Waals surface area (Å²) in [5.74, 6) is -1.75. The fourth-order valence-corrected chi connectivity index (χ4v) is 3.40. The van der Waals surface area contributed by atoms with E-state index in [4.69, 9.17) is 24.9 Å². The summed E-state index contributed by atoms with van der Waals surface area (Å²) >= 11 is 0. The number of piperidine rings is 1. The second-order valence-corrected chi connectivity index (χ2v) is 7.14. The first-order chi connectivity index (χ1) is 15.2. The number of urea groups is 1. The third kappa shape index (κ3) is 5.53. The second-order valence-electron chi connectivity index (χ2n) is 7.14. The Morgan fingerprint density at radius 1 is 1.25 bits per heavy atom. The van der Waals surface area contributed by atoms with Gasteiger partial charge < -0.3 is 20.2 Å². The maximum atomic E-state index is 12.7. The number of nitrogens with zero attached hydrogens (tertiary/aromatic N) is 4. The van der Waals surface area contributed by atoms with Crippen molar-refractivity contribution in [3.8, 4) is 0 Å². The zero-order chi connectivity index (χ0) is 23.3. The number of rotatable bonds is 6. The molecule has 13 heteroatoms. The Bertz CT molecular complexity index is 924. The summed E-state index contributed by atoms with van der Waals surface area (Å²) in [6, 6.07) is 9.57. The van der Waals surface area contributed by atoms with E-state index in [1.54, 1.807) is 4.90 Å². The van der Waals surface area contributed by atoms with E-state index < -0.39 is 12.1 Å². The van der Waals surface area contributed by atoms with Crippen LogP contribution in [0.25, 0.3) is 0 Å². The predicted molar refractivity (Wildman–Crippen MR) is 102 cm³/mol. The predicted octanol–water partition coefficient (Wildman–Crippen LogP) is 2.28. The van der Waals surface area contributed by atoms with Crippen molar-refractivity contribution in [2.24, 2.45) is 5.73 Å². The highest BCUT2D eigenvalue weighted by Crippen LogP contribution is 2.38. The van der Waals surface area contributed by atoms with Crippen molar-refractivity contribution < 1.29 is 37.1 Å². The van der Waals surface area contributed by atoms with Crippen LogP contribution in [0, 0.1) is 0 Å². The van der Waals surface area contributed by atoms with Crippen molar-refractivity contribution in [2.45, 2.75) is 44.1 Å². The first-order valence-corrected chi connectivity index (χ1v) is 9.79. The lowest BCUT2D eigenvalue weighted by atomic mass is 10.0. The highest BCUT2D eigenvalue weighted by atomic mass is 19.4. The largest absolute Gasteiger partial charge is 0.490 e. The first-order valence-electron chi connectivity index (χ1n) is 9.79. The van der Waals surface area contributed by atoms with E-state index in [-0.39, 0.29) is 18.1 Å². The van der Waals surface area contributed by atoms with E-state index in [2.05, 4.69) is 10.2 Å². The minimum atomic E-state index is -5.08. The number of hydrogen-bond donors (Lipinski definition) is 2. The SMILES string of the molecule is NCCc1nnc([C@@H]2CC[C@@H]3CN2C(=O)N3OCc2ccccc2)o1.O=C(O)C(F)(F)F. The number of alkyl halides is 3. The van der Waals surface area contributed by atoms with Crippen LogP contribution in [0.4, 0.5) is 18.0 Å². The number of carbonyl (C=O) groups excluding carboxylic acids is 1. The number of hydroxylamine groups is 2. The normalized spacial score (nSPS) is 20.2. The van der Waals surface area contributed by atoms with Crippen LogP contribution in [0.3, 0.4) is 0 Å². The number of carboxylic acids is 1. The van der Waals surface area contributed by atoms with Crippen LogP contribution in [0.1, 0.15) is 36.2 Å². The molecule has 2 aliphatic heterocycles. The molecular formula is C19H22F3N5O5. The van der Waals surface area contributed by atoms with Crippen molar-refractivity contribution in [3.05, 3.63) is 47.7 Å². The zero-order valence-corrected chi connectivity index (χ0v) is 16.9. The van der Waals surface area contributed by atoms with Gasteiger partial charge in [0, 0.05) is 19.5 Å². The molecule has 1 aromatic heterocycles. The number of amides is 2. The number of aliphatic carboxylic acids is 1. The van der Waals surface area contributed by atoms with E-state index in [0.717, 1.165) is 18.4 Å². The van der Waals surface area contributed by atoms with Crippen LogP contribution in [-0.4, -0.2) is 62.6 Å². The maximum Gasteiger partial charge on any atom is 0.490 e. The molecule has 32 heavy (non-hydrogen) atoms. The van der Waals surface area contributed by atoms with Gasteiger partial charge in [-0.3, -0.25) is 4.84 Å². The molecule has 10 nitrogen and oxygen atoms in total. The van der Waals surface area contributed by atoms with E-state index in [0.29, 0.717) is 37.9 Å². The smallest absolute Gasteiger partial charge is 0.475 e. The van der Waals surface area contributed by atoms with E-state index in [9.17, 15) is 18.0 Å². The minimum absolute atomic E-state index is 0.0684. The van der Waals surface area contributed by atoms with E-state index >= 15 is 0 Å². The third-order valence-electron chi connectivity index (χ3n) is 4.90. The molecule has 4 rings (SSSR count). The summed E-state index contributed by atoms with van der Waals surface area (Å²) < 4.78 is 37.4. The summed E-state index contributed by atoms with van der Waals surface area (Å²) in [5.41, 5.74) is 6.55. The van der Waals surface area contributed by atoms with Gasteiger partial charge in [0.25, 0.3) is 0 Å². The lowest BCUT2D eigenvalue weighted by Gasteiger charge is -2.27. The highest BCUT2D eigenvalue weighted by molar-refractivity contribution is 5.77. The second kappa shape index (κ2) is 9.96. The van der Waals surface area contributed by atoms with Gasteiger partial charge in [-0.15, -0.1) is 10.2 Å². The average molecular weight is 457 g/mol. The Balaban J connectivity index is 0.000000360. The first kappa shape index (κ1) is 23.5. The van der Waals surface area contributed by atoms with Crippen LogP contribution < -0.4 is 5.73 Å². The number of carbonyl (C=O) groups is 2. The molecule has 3 heterocycles. The molecular weight excluding hydrogens is 435 g/mol. The molecule has 0 unspecified atom stereocenters. The van der Waals surface area contributed by atoms with Gasteiger partial charge in [-0.2, -0.15) is 18.2 Å². The lowest BCUT2D eigenvalue weighted by Crippen LogP contribution is -2.34. The van der Waals surface area contributed by atoms with Gasteiger partial charge in [0.2, 0.25) is 11.8 Å². The Kier molecular flexibility index (Phi) is 7.30. The van der Waals surface area contributed by atoms with Gasteiger partial charge >= 0.3 is 18.2 Å². The summed E-state index contributed by atoms with van der Waals surface area (Å²) in [7, 11) is 0. The highest BCUT2D eigenvalue weighted by Gasteiger charge is 2.47. The summed E-state index contributed by atoms with van der Waals surface area (Å²) in [6.45, 7) is 1.45. The molecule has 1 aromatic carbocycles. The summed E-state index contributed by atoms with van der Waals surface area (Å²) in [6.07, 6.45) is -2.91. The number of halogens is 3. The van der Waals surface area contributed by atoms with Gasteiger partial charge in [-0.05, 0) is 18.4 Å². The quantitative estimate of drug-likeness (QED) is 0.675. The molecule has 174 valence electrons. The number of benzene rings is 1. The van der Waals surface area contributed by atoms with E-state index in [1.165, 1.54) is 5.06 Å². The van der Waals surface area contributed by atoms with Crippen molar-refractivity contribution in [3.63, 3.8) is 0 Å². The maximum absolute atomic E-state index is 12.7. The van der Waals surface area contributed by atoms with Crippen molar-refractivity contribution in [1.82, 2.24) is 20.2 Å². The van der Waals surface area contributed by atoms with Gasteiger partial charge in [0.15, 0.2) is 0 Å². The lowest BCUT2D eigenvalue weighted by molar-refractivity contribution is -0.192. The molecule has 2 saturated heterocycles. The minimum Gasteiger partial charge on any atom is -0.475 e.